The predicted octanol–water partition coefficient (Wildman–Crippen LogP) is 4.02. The van der Waals surface area contributed by atoms with Crippen LogP contribution in [0.1, 0.15) is 36.3 Å². The molecule has 2 saturated carbocycles. The normalized spacial score (nSPS) is 27.3. The summed E-state index contributed by atoms with van der Waals surface area (Å²) in [5.74, 6) is -0.850. The number of carboxylic acids is 1. The van der Waals surface area contributed by atoms with Gasteiger partial charge in [-0.1, -0.05) is 48.5 Å². The quantitative estimate of drug-likeness (QED) is 0.844. The van der Waals surface area contributed by atoms with E-state index in [0.29, 0.717) is 0 Å². The molecule has 144 valence electrons. The van der Waals surface area contributed by atoms with Crippen LogP contribution in [0.15, 0.2) is 48.5 Å². The van der Waals surface area contributed by atoms with E-state index in [1.165, 1.54) is 22.3 Å². The lowest BCUT2D eigenvalue weighted by molar-refractivity contribution is -0.144. The number of carboxylic acid groups (broad SMARTS) is 1. The molecule has 0 spiro atoms. The average Bonchev–Trinajstić information content (AvgIpc) is 3.38. The van der Waals surface area contributed by atoms with Gasteiger partial charge in [-0.25, -0.2) is 4.79 Å². The van der Waals surface area contributed by atoms with Crippen LogP contribution in [-0.4, -0.2) is 29.8 Å². The molecule has 0 aromatic heterocycles. The van der Waals surface area contributed by atoms with E-state index in [2.05, 4.69) is 29.6 Å². The minimum atomic E-state index is -0.809. The number of benzene rings is 2. The van der Waals surface area contributed by atoms with E-state index in [1.807, 2.05) is 24.3 Å². The maximum atomic E-state index is 12.5. The number of carbonyl (C=O) groups is 2. The first-order valence-corrected chi connectivity index (χ1v) is 9.98. The van der Waals surface area contributed by atoms with Crippen molar-refractivity contribution in [1.29, 1.82) is 0 Å². The fourth-order valence-corrected chi connectivity index (χ4v) is 5.63. The van der Waals surface area contributed by atoms with Gasteiger partial charge in [0.15, 0.2) is 0 Å². The summed E-state index contributed by atoms with van der Waals surface area (Å²) in [6.07, 6.45) is 2.32. The maximum Gasteiger partial charge on any atom is 0.407 e. The smallest absolute Gasteiger partial charge is 0.407 e. The Balaban J connectivity index is 1.29. The van der Waals surface area contributed by atoms with Gasteiger partial charge in [0, 0.05) is 12.0 Å². The van der Waals surface area contributed by atoms with Crippen LogP contribution in [0.4, 0.5) is 4.79 Å². The van der Waals surface area contributed by atoms with Gasteiger partial charge in [0.25, 0.3) is 0 Å². The zero-order valence-electron chi connectivity index (χ0n) is 15.5. The summed E-state index contributed by atoms with van der Waals surface area (Å²) in [5.41, 5.74) is 4.71. The first-order chi connectivity index (χ1) is 13.6. The molecule has 0 heterocycles. The summed E-state index contributed by atoms with van der Waals surface area (Å²) in [4.78, 5) is 24.1. The summed E-state index contributed by atoms with van der Waals surface area (Å²) >= 11 is 0. The molecule has 2 fully saturated rings. The predicted molar refractivity (Wildman–Crippen MR) is 104 cm³/mol. The van der Waals surface area contributed by atoms with Crippen molar-refractivity contribution < 1.29 is 19.4 Å². The Morgan fingerprint density at radius 2 is 1.57 bits per heavy atom. The van der Waals surface area contributed by atoms with Crippen LogP contribution in [0.2, 0.25) is 0 Å². The van der Waals surface area contributed by atoms with E-state index in [9.17, 15) is 14.7 Å². The summed E-state index contributed by atoms with van der Waals surface area (Å²) in [6, 6.07) is 16.1. The Morgan fingerprint density at radius 1 is 0.964 bits per heavy atom. The van der Waals surface area contributed by atoms with E-state index >= 15 is 0 Å². The molecule has 2 aromatic carbocycles. The lowest BCUT2D eigenvalue weighted by Gasteiger charge is -2.28. The number of hydrogen-bond acceptors (Lipinski definition) is 3. The Labute approximate surface area is 163 Å². The molecule has 4 atom stereocenters. The third kappa shape index (κ3) is 2.68. The van der Waals surface area contributed by atoms with Gasteiger partial charge in [-0.2, -0.15) is 0 Å². The van der Waals surface area contributed by atoms with Crippen LogP contribution in [0.25, 0.3) is 11.1 Å². The maximum absolute atomic E-state index is 12.5. The minimum absolute atomic E-state index is 0.00782. The molecule has 2 bridgehead atoms. The van der Waals surface area contributed by atoms with Gasteiger partial charge in [0.1, 0.15) is 6.61 Å². The van der Waals surface area contributed by atoms with Crippen molar-refractivity contribution in [1.82, 2.24) is 5.32 Å². The van der Waals surface area contributed by atoms with Gasteiger partial charge in [-0.15, -0.1) is 0 Å². The van der Waals surface area contributed by atoms with E-state index in [4.69, 9.17) is 4.74 Å². The SMILES string of the molecule is O=C(N[C@@H]1[C@H]2CC[C@H](C2)[C@H]1C(=O)O)OCC1c2ccccc2-c2ccccc21. The molecule has 3 aliphatic carbocycles. The topological polar surface area (TPSA) is 75.6 Å². The molecule has 1 amide bonds. The summed E-state index contributed by atoms with van der Waals surface area (Å²) in [5, 5.41) is 12.4. The molecular weight excluding hydrogens is 354 g/mol. The molecule has 0 unspecified atom stereocenters. The lowest BCUT2D eigenvalue weighted by Crippen LogP contribution is -2.47. The first kappa shape index (κ1) is 17.3. The van der Waals surface area contributed by atoms with Gasteiger partial charge in [0.05, 0.1) is 5.92 Å². The Morgan fingerprint density at radius 3 is 2.21 bits per heavy atom. The first-order valence-electron chi connectivity index (χ1n) is 9.98. The average molecular weight is 377 g/mol. The van der Waals surface area contributed by atoms with Crippen molar-refractivity contribution in [2.45, 2.75) is 31.2 Å². The van der Waals surface area contributed by atoms with E-state index in [-0.39, 0.29) is 30.4 Å². The number of amides is 1. The largest absolute Gasteiger partial charge is 0.481 e. The molecule has 28 heavy (non-hydrogen) atoms. The van der Waals surface area contributed by atoms with Gasteiger partial charge in [0.2, 0.25) is 0 Å². The summed E-state index contributed by atoms with van der Waals surface area (Å²) in [6.45, 7) is 0.248. The highest BCUT2D eigenvalue weighted by Gasteiger charge is 2.51. The number of nitrogens with one attached hydrogen (secondary N) is 1. The third-order valence-corrected chi connectivity index (χ3v) is 6.83. The van der Waals surface area contributed by atoms with Crippen molar-refractivity contribution in [3.05, 3.63) is 59.7 Å². The highest BCUT2D eigenvalue weighted by Crippen LogP contribution is 2.49. The van der Waals surface area contributed by atoms with Gasteiger partial charge in [-0.3, -0.25) is 4.79 Å². The number of hydrogen-bond donors (Lipinski definition) is 2. The van der Waals surface area contributed by atoms with Crippen LogP contribution in [-0.2, 0) is 9.53 Å². The molecule has 0 saturated heterocycles. The standard InChI is InChI=1S/C23H23NO4/c25-22(26)20-13-9-10-14(11-13)21(20)24-23(27)28-12-19-17-7-3-1-5-15(17)16-6-2-4-8-18(16)19/h1-8,13-14,19-21H,9-12H2,(H,24,27)(H,25,26)/t13-,14+,20-,21-/m1/s1. The van der Waals surface area contributed by atoms with Crippen LogP contribution in [0, 0.1) is 17.8 Å². The summed E-state index contributed by atoms with van der Waals surface area (Å²) in [7, 11) is 0. The Kier molecular flexibility index (Phi) is 4.11. The number of fused-ring (bicyclic) bond motifs is 5. The third-order valence-electron chi connectivity index (χ3n) is 6.83. The second-order valence-corrected chi connectivity index (χ2v) is 8.19. The molecule has 0 aliphatic heterocycles. The van der Waals surface area contributed by atoms with E-state index in [0.717, 1.165) is 19.3 Å². The number of alkyl carbamates (subject to hydrolysis) is 1. The highest BCUT2D eigenvalue weighted by molar-refractivity contribution is 5.79. The molecular formula is C23H23NO4. The zero-order chi connectivity index (χ0) is 19.3. The highest BCUT2D eigenvalue weighted by atomic mass is 16.5. The van der Waals surface area contributed by atoms with Crippen LogP contribution < -0.4 is 5.32 Å². The van der Waals surface area contributed by atoms with Crippen molar-refractivity contribution >= 4 is 12.1 Å². The van der Waals surface area contributed by atoms with Crippen LogP contribution in [0.3, 0.4) is 0 Å². The fourth-order valence-electron chi connectivity index (χ4n) is 5.63. The second kappa shape index (κ2) is 6.66. The number of carbonyl (C=O) groups excluding carboxylic acids is 1. The number of aliphatic carboxylic acids is 1. The van der Waals surface area contributed by atoms with Crippen LogP contribution >= 0.6 is 0 Å². The van der Waals surface area contributed by atoms with E-state index in [1.54, 1.807) is 0 Å². The van der Waals surface area contributed by atoms with Crippen LogP contribution in [0.5, 0.6) is 0 Å². The molecule has 2 aromatic rings. The molecule has 2 N–H and O–H groups in total. The van der Waals surface area contributed by atoms with Crippen molar-refractivity contribution in [3.63, 3.8) is 0 Å². The molecule has 5 nitrogen and oxygen atoms in total. The lowest BCUT2D eigenvalue weighted by atomic mass is 9.84. The van der Waals surface area contributed by atoms with Crippen molar-refractivity contribution in [3.8, 4) is 11.1 Å². The minimum Gasteiger partial charge on any atom is -0.481 e. The second-order valence-electron chi connectivity index (χ2n) is 8.19. The molecule has 0 radical (unpaired) electrons. The van der Waals surface area contributed by atoms with E-state index < -0.39 is 18.0 Å². The zero-order valence-corrected chi connectivity index (χ0v) is 15.5. The molecule has 3 aliphatic rings. The van der Waals surface area contributed by atoms with Crippen molar-refractivity contribution in [2.75, 3.05) is 6.61 Å². The number of rotatable bonds is 4. The van der Waals surface area contributed by atoms with Gasteiger partial charge in [-0.05, 0) is 53.4 Å². The van der Waals surface area contributed by atoms with Gasteiger partial charge >= 0.3 is 12.1 Å². The summed E-state index contributed by atoms with van der Waals surface area (Å²) < 4.78 is 5.59. The number of ether oxygens (including phenoxy) is 1. The monoisotopic (exact) mass is 377 g/mol. The Hall–Kier alpha value is -2.82. The Bertz CT molecular complexity index is 894. The fraction of sp³-hybridized carbons (Fsp3) is 0.391. The van der Waals surface area contributed by atoms with Crippen molar-refractivity contribution in [2.24, 2.45) is 17.8 Å². The molecule has 5 heteroatoms. The molecule has 5 rings (SSSR count). The van der Waals surface area contributed by atoms with Gasteiger partial charge < -0.3 is 15.2 Å².